The lowest BCUT2D eigenvalue weighted by Crippen LogP contribution is -2.32. The first-order chi connectivity index (χ1) is 7.38. The maximum absolute atomic E-state index is 12.0. The molecule has 80 valence electrons. The molecule has 1 aromatic rings. The third kappa shape index (κ3) is 2.52. The van der Waals surface area contributed by atoms with Crippen molar-refractivity contribution < 1.29 is 4.79 Å². The summed E-state index contributed by atoms with van der Waals surface area (Å²) < 4.78 is 0. The number of carbonyl (C=O) groups is 1. The quantitative estimate of drug-likeness (QED) is 0.697. The number of carbonyl (C=O) groups excluding carboxylic acids is 1. The minimum absolute atomic E-state index is 0.0410. The Bertz CT molecular complexity index is 318. The van der Waals surface area contributed by atoms with Gasteiger partial charge in [-0.1, -0.05) is 12.8 Å². The summed E-state index contributed by atoms with van der Waals surface area (Å²) in [4.78, 5) is 21.7. The summed E-state index contributed by atoms with van der Waals surface area (Å²) in [6, 6.07) is 1.67. The van der Waals surface area contributed by atoms with Gasteiger partial charge in [-0.15, -0.1) is 0 Å². The molecule has 4 nitrogen and oxygen atoms in total. The van der Waals surface area contributed by atoms with Gasteiger partial charge in [0.05, 0.1) is 0 Å². The molecule has 0 radical (unpaired) electrons. The lowest BCUT2D eigenvalue weighted by molar-refractivity contribution is 0.0755. The Balaban J connectivity index is 2.06. The summed E-state index contributed by atoms with van der Waals surface area (Å²) in [7, 11) is 0. The number of rotatable bonds is 1. The van der Waals surface area contributed by atoms with Gasteiger partial charge in [-0.25, -0.2) is 9.97 Å². The largest absolute Gasteiger partial charge is 0.337 e. The zero-order valence-corrected chi connectivity index (χ0v) is 8.72. The highest BCUT2D eigenvalue weighted by atomic mass is 16.2. The third-order valence-corrected chi connectivity index (χ3v) is 2.69. The molecule has 0 atom stereocenters. The summed E-state index contributed by atoms with van der Waals surface area (Å²) in [5.41, 5.74) is 0.506. The molecule has 0 saturated carbocycles. The van der Waals surface area contributed by atoms with Crippen molar-refractivity contribution in [2.45, 2.75) is 25.7 Å². The Kier molecular flexibility index (Phi) is 3.27. The molecule has 15 heavy (non-hydrogen) atoms. The number of hydrogen-bond donors (Lipinski definition) is 0. The zero-order chi connectivity index (χ0) is 10.5. The third-order valence-electron chi connectivity index (χ3n) is 2.69. The summed E-state index contributed by atoms with van der Waals surface area (Å²) in [5, 5.41) is 0. The van der Waals surface area contributed by atoms with Crippen LogP contribution in [0.1, 0.15) is 36.2 Å². The molecule has 0 spiro atoms. The van der Waals surface area contributed by atoms with Gasteiger partial charge in [0.2, 0.25) is 0 Å². The van der Waals surface area contributed by atoms with Crippen LogP contribution in [0.2, 0.25) is 0 Å². The van der Waals surface area contributed by atoms with Gasteiger partial charge in [-0.3, -0.25) is 4.79 Å². The highest BCUT2D eigenvalue weighted by Crippen LogP contribution is 2.11. The number of aromatic nitrogens is 2. The van der Waals surface area contributed by atoms with Gasteiger partial charge in [-0.05, 0) is 18.9 Å². The SMILES string of the molecule is O=C(c1ccncn1)N1CCCCCC1. The molecule has 0 unspecified atom stereocenters. The molecule has 1 aromatic heterocycles. The van der Waals surface area contributed by atoms with E-state index >= 15 is 0 Å². The smallest absolute Gasteiger partial charge is 0.272 e. The van der Waals surface area contributed by atoms with E-state index in [2.05, 4.69) is 9.97 Å². The molecule has 1 aliphatic heterocycles. The molecule has 0 bridgehead atoms. The predicted octanol–water partition coefficient (Wildman–Crippen LogP) is 1.49. The van der Waals surface area contributed by atoms with Crippen LogP contribution in [-0.2, 0) is 0 Å². The fraction of sp³-hybridized carbons (Fsp3) is 0.545. The van der Waals surface area contributed by atoms with Gasteiger partial charge in [-0.2, -0.15) is 0 Å². The lowest BCUT2D eigenvalue weighted by Gasteiger charge is -2.19. The van der Waals surface area contributed by atoms with Crippen LogP contribution in [0.5, 0.6) is 0 Å². The maximum atomic E-state index is 12.0. The van der Waals surface area contributed by atoms with E-state index in [0.717, 1.165) is 25.9 Å². The Morgan fingerprint density at radius 3 is 2.53 bits per heavy atom. The van der Waals surface area contributed by atoms with E-state index in [1.165, 1.54) is 19.2 Å². The van der Waals surface area contributed by atoms with Crippen molar-refractivity contribution in [1.29, 1.82) is 0 Å². The molecule has 1 fully saturated rings. The number of likely N-dealkylation sites (tertiary alicyclic amines) is 1. The first-order valence-electron chi connectivity index (χ1n) is 5.43. The second kappa shape index (κ2) is 4.87. The normalized spacial score (nSPS) is 17.2. The molecular formula is C11H15N3O. The van der Waals surface area contributed by atoms with Gasteiger partial charge in [0, 0.05) is 19.3 Å². The Morgan fingerprint density at radius 1 is 1.20 bits per heavy atom. The molecular weight excluding hydrogens is 190 g/mol. The van der Waals surface area contributed by atoms with E-state index in [4.69, 9.17) is 0 Å². The molecule has 1 amide bonds. The fourth-order valence-electron chi connectivity index (χ4n) is 1.85. The van der Waals surface area contributed by atoms with Crippen molar-refractivity contribution in [1.82, 2.24) is 14.9 Å². The highest BCUT2D eigenvalue weighted by Gasteiger charge is 2.17. The summed E-state index contributed by atoms with van der Waals surface area (Å²) in [6.45, 7) is 1.73. The van der Waals surface area contributed by atoms with Gasteiger partial charge in [0.25, 0.3) is 5.91 Å². The van der Waals surface area contributed by atoms with Crippen LogP contribution in [0.3, 0.4) is 0 Å². The van der Waals surface area contributed by atoms with Gasteiger partial charge < -0.3 is 4.90 Å². The predicted molar refractivity (Wildman–Crippen MR) is 56.4 cm³/mol. The highest BCUT2D eigenvalue weighted by molar-refractivity contribution is 5.92. The molecule has 1 aliphatic rings. The minimum Gasteiger partial charge on any atom is -0.337 e. The second-order valence-corrected chi connectivity index (χ2v) is 3.80. The van der Waals surface area contributed by atoms with Crippen molar-refractivity contribution in [3.8, 4) is 0 Å². The molecule has 4 heteroatoms. The molecule has 0 aliphatic carbocycles. The average molecular weight is 205 g/mol. The standard InChI is InChI=1S/C11H15N3O/c15-11(10-5-6-12-9-13-10)14-7-3-1-2-4-8-14/h5-6,9H,1-4,7-8H2. The van der Waals surface area contributed by atoms with Crippen molar-refractivity contribution >= 4 is 5.91 Å². The molecule has 2 heterocycles. The summed E-state index contributed by atoms with van der Waals surface area (Å²) >= 11 is 0. The summed E-state index contributed by atoms with van der Waals surface area (Å²) in [6.07, 6.45) is 7.71. The van der Waals surface area contributed by atoms with E-state index in [1.54, 1.807) is 12.3 Å². The molecule has 1 saturated heterocycles. The van der Waals surface area contributed by atoms with Gasteiger partial charge >= 0.3 is 0 Å². The zero-order valence-electron chi connectivity index (χ0n) is 8.72. The van der Waals surface area contributed by atoms with E-state index in [-0.39, 0.29) is 5.91 Å². The Hall–Kier alpha value is -1.45. The minimum atomic E-state index is 0.0410. The van der Waals surface area contributed by atoms with Crippen molar-refractivity contribution in [3.63, 3.8) is 0 Å². The van der Waals surface area contributed by atoms with Crippen LogP contribution < -0.4 is 0 Å². The molecule has 0 N–H and O–H groups in total. The maximum Gasteiger partial charge on any atom is 0.272 e. The van der Waals surface area contributed by atoms with Crippen molar-refractivity contribution in [2.24, 2.45) is 0 Å². The van der Waals surface area contributed by atoms with Crippen molar-refractivity contribution in [2.75, 3.05) is 13.1 Å². The van der Waals surface area contributed by atoms with E-state index in [0.29, 0.717) is 5.69 Å². The van der Waals surface area contributed by atoms with Crippen LogP contribution in [0.4, 0.5) is 0 Å². The Morgan fingerprint density at radius 2 is 1.93 bits per heavy atom. The first-order valence-corrected chi connectivity index (χ1v) is 5.43. The monoisotopic (exact) mass is 205 g/mol. The average Bonchev–Trinajstić information content (AvgIpc) is 2.58. The van der Waals surface area contributed by atoms with E-state index < -0.39 is 0 Å². The number of hydrogen-bond acceptors (Lipinski definition) is 3. The van der Waals surface area contributed by atoms with E-state index in [1.807, 2.05) is 4.90 Å². The van der Waals surface area contributed by atoms with Crippen LogP contribution >= 0.6 is 0 Å². The second-order valence-electron chi connectivity index (χ2n) is 3.80. The van der Waals surface area contributed by atoms with Gasteiger partial charge in [0.1, 0.15) is 12.0 Å². The lowest BCUT2D eigenvalue weighted by atomic mass is 10.2. The molecule has 2 rings (SSSR count). The number of amides is 1. The topological polar surface area (TPSA) is 46.1 Å². The van der Waals surface area contributed by atoms with Crippen LogP contribution in [-0.4, -0.2) is 33.9 Å². The fourth-order valence-corrected chi connectivity index (χ4v) is 1.85. The van der Waals surface area contributed by atoms with Crippen molar-refractivity contribution in [3.05, 3.63) is 24.3 Å². The van der Waals surface area contributed by atoms with Gasteiger partial charge in [0.15, 0.2) is 0 Å². The van der Waals surface area contributed by atoms with E-state index in [9.17, 15) is 4.79 Å². The summed E-state index contributed by atoms with van der Waals surface area (Å²) in [5.74, 6) is 0.0410. The number of nitrogens with zero attached hydrogens (tertiary/aromatic N) is 3. The van der Waals surface area contributed by atoms with Crippen LogP contribution in [0, 0.1) is 0 Å². The Labute approximate surface area is 89.3 Å². The molecule has 0 aromatic carbocycles. The van der Waals surface area contributed by atoms with Crippen LogP contribution in [0.15, 0.2) is 18.6 Å². The first kappa shape index (κ1) is 10.1. The van der Waals surface area contributed by atoms with Crippen LogP contribution in [0.25, 0.3) is 0 Å².